The van der Waals surface area contributed by atoms with Crippen molar-refractivity contribution in [3.63, 3.8) is 0 Å². The molecule has 0 radical (unpaired) electrons. The predicted octanol–water partition coefficient (Wildman–Crippen LogP) is 5.83. The lowest BCUT2D eigenvalue weighted by Gasteiger charge is -2.36. The number of hydrogen-bond donors (Lipinski definition) is 1. The molecule has 1 aliphatic carbocycles. The summed E-state index contributed by atoms with van der Waals surface area (Å²) < 4.78 is 5.71. The van der Waals surface area contributed by atoms with Gasteiger partial charge in [-0.25, -0.2) is 4.98 Å². The van der Waals surface area contributed by atoms with Gasteiger partial charge in [0.1, 0.15) is 5.82 Å². The Morgan fingerprint density at radius 3 is 2.71 bits per heavy atom. The molecule has 0 spiro atoms. The Morgan fingerprint density at radius 2 is 1.97 bits per heavy atom. The quantitative estimate of drug-likeness (QED) is 0.525. The molecule has 178 valence electrons. The summed E-state index contributed by atoms with van der Waals surface area (Å²) >= 11 is 0. The number of fused-ring (bicyclic) bond motifs is 1. The van der Waals surface area contributed by atoms with Crippen LogP contribution >= 0.6 is 0 Å². The monoisotopic (exact) mass is 466 g/mol. The molecule has 2 fully saturated rings. The molecule has 2 aromatic carbocycles. The van der Waals surface area contributed by atoms with Crippen molar-refractivity contribution in [3.05, 3.63) is 76.1 Å². The number of H-pyrrole nitrogens is 1. The Bertz CT molecular complexity index is 1300. The number of rotatable bonds is 4. The van der Waals surface area contributed by atoms with Crippen LogP contribution in [-0.2, 0) is 11.3 Å². The second-order valence-electron chi connectivity index (χ2n) is 10.2. The molecule has 6 heteroatoms. The lowest BCUT2D eigenvalue weighted by molar-refractivity contribution is 0.0611. The summed E-state index contributed by atoms with van der Waals surface area (Å²) in [5.74, 6) is 1.73. The van der Waals surface area contributed by atoms with Crippen molar-refractivity contribution in [2.45, 2.75) is 63.5 Å². The molecule has 2 aliphatic heterocycles. The largest absolute Gasteiger partial charge is 0.374 e. The molecule has 1 amide bonds. The summed E-state index contributed by atoms with van der Waals surface area (Å²) in [6, 6.07) is 16.1. The van der Waals surface area contributed by atoms with Crippen LogP contribution in [0.2, 0.25) is 0 Å². The second kappa shape index (κ2) is 8.98. The number of likely N-dealkylation sites (tertiary alicyclic amines) is 1. The summed E-state index contributed by atoms with van der Waals surface area (Å²) in [6.07, 6.45) is 5.42. The van der Waals surface area contributed by atoms with Crippen LogP contribution in [0.1, 0.15) is 95.3 Å². The van der Waals surface area contributed by atoms with Crippen LogP contribution in [0.5, 0.6) is 0 Å². The highest BCUT2D eigenvalue weighted by molar-refractivity contribution is 5.96. The van der Waals surface area contributed by atoms with E-state index in [0.717, 1.165) is 54.1 Å². The molecule has 35 heavy (non-hydrogen) atoms. The smallest absolute Gasteiger partial charge is 0.254 e. The number of piperidine rings is 1. The van der Waals surface area contributed by atoms with Crippen LogP contribution < -0.4 is 0 Å². The molecule has 0 bridgehead atoms. The molecule has 2 unspecified atom stereocenters. The summed E-state index contributed by atoms with van der Waals surface area (Å²) in [5, 5.41) is 9.15. The molecule has 3 aromatic rings. The molecular formula is C29H30N4O2. The van der Waals surface area contributed by atoms with Gasteiger partial charge in [-0.1, -0.05) is 25.1 Å². The third-order valence-corrected chi connectivity index (χ3v) is 7.65. The molecule has 3 aliphatic rings. The van der Waals surface area contributed by atoms with Gasteiger partial charge >= 0.3 is 0 Å². The Hall–Kier alpha value is -3.43. The molecule has 1 saturated heterocycles. The first-order chi connectivity index (χ1) is 17.1. The summed E-state index contributed by atoms with van der Waals surface area (Å²) in [7, 11) is 0. The third-order valence-electron chi connectivity index (χ3n) is 7.65. The van der Waals surface area contributed by atoms with Crippen molar-refractivity contribution < 1.29 is 9.53 Å². The van der Waals surface area contributed by atoms with Gasteiger partial charge in [-0.05, 0) is 73.4 Å². The van der Waals surface area contributed by atoms with Crippen molar-refractivity contribution in [1.82, 2.24) is 14.9 Å². The molecule has 6 nitrogen and oxygen atoms in total. The fraction of sp³-hybridized carbons (Fsp3) is 0.414. The van der Waals surface area contributed by atoms with Gasteiger partial charge in [-0.3, -0.25) is 4.79 Å². The fourth-order valence-corrected chi connectivity index (χ4v) is 5.60. The van der Waals surface area contributed by atoms with E-state index < -0.39 is 0 Å². The van der Waals surface area contributed by atoms with Crippen molar-refractivity contribution in [2.75, 3.05) is 13.2 Å². The first-order valence-electron chi connectivity index (χ1n) is 12.7. The maximum absolute atomic E-state index is 13.9. The normalized spacial score (nSPS) is 21.9. The van der Waals surface area contributed by atoms with Gasteiger partial charge in [-0.15, -0.1) is 0 Å². The van der Waals surface area contributed by atoms with E-state index in [4.69, 9.17) is 15.0 Å². The fourth-order valence-electron chi connectivity index (χ4n) is 5.60. The molecule has 1 N–H and O–H groups in total. The van der Waals surface area contributed by atoms with Crippen LogP contribution in [0.4, 0.5) is 0 Å². The van der Waals surface area contributed by atoms with Gasteiger partial charge in [0.25, 0.3) is 5.91 Å². The van der Waals surface area contributed by atoms with Crippen molar-refractivity contribution in [2.24, 2.45) is 0 Å². The highest BCUT2D eigenvalue weighted by atomic mass is 16.5. The number of amides is 1. The van der Waals surface area contributed by atoms with E-state index in [1.54, 1.807) is 0 Å². The minimum Gasteiger partial charge on any atom is -0.374 e. The van der Waals surface area contributed by atoms with Gasteiger partial charge in [0.05, 0.1) is 42.3 Å². The SMILES string of the molecule is CC1COCc2[nH]c(-c3cc(C(=O)N4CCCCC4c4ccc(C#N)cc4)ccc3C3CC3)nc21. The zero-order valence-electron chi connectivity index (χ0n) is 20.1. The standard InChI is InChI=1S/C29H30N4O2/c1-18-16-35-17-25-27(18)32-28(31-25)24-14-22(11-12-23(24)20-9-10-20)29(34)33-13-3-2-4-26(33)21-7-5-19(15-30)6-8-21/h5-8,11-12,14,18,20,26H,2-4,9-10,13,16-17H2,1H3,(H,31,32). The highest BCUT2D eigenvalue weighted by Crippen LogP contribution is 2.45. The average Bonchev–Trinajstić information content (AvgIpc) is 3.66. The average molecular weight is 467 g/mol. The molecular weight excluding hydrogens is 436 g/mol. The number of aromatic amines is 1. The second-order valence-corrected chi connectivity index (χ2v) is 10.2. The van der Waals surface area contributed by atoms with Gasteiger partial charge in [0.2, 0.25) is 0 Å². The molecule has 1 aromatic heterocycles. The van der Waals surface area contributed by atoms with E-state index in [2.05, 4.69) is 30.1 Å². The number of nitrogens with one attached hydrogen (secondary N) is 1. The molecule has 2 atom stereocenters. The van der Waals surface area contributed by atoms with Gasteiger partial charge in [-0.2, -0.15) is 5.26 Å². The highest BCUT2D eigenvalue weighted by Gasteiger charge is 2.32. The van der Waals surface area contributed by atoms with Gasteiger partial charge in [0.15, 0.2) is 0 Å². The van der Waals surface area contributed by atoms with Gasteiger partial charge in [0, 0.05) is 23.6 Å². The van der Waals surface area contributed by atoms with E-state index in [1.165, 1.54) is 18.4 Å². The number of carbonyl (C=O) groups excluding carboxylic acids is 1. The number of benzene rings is 2. The number of imidazole rings is 1. The Morgan fingerprint density at radius 1 is 1.14 bits per heavy atom. The van der Waals surface area contributed by atoms with Crippen LogP contribution in [0.25, 0.3) is 11.4 Å². The first kappa shape index (κ1) is 22.1. The molecule has 6 rings (SSSR count). The first-order valence-corrected chi connectivity index (χ1v) is 12.7. The Labute approximate surface area is 205 Å². The number of nitriles is 1. The van der Waals surface area contributed by atoms with E-state index in [0.29, 0.717) is 30.3 Å². The maximum Gasteiger partial charge on any atom is 0.254 e. The topological polar surface area (TPSA) is 82.0 Å². The number of hydrogen-bond acceptors (Lipinski definition) is 4. The lowest BCUT2D eigenvalue weighted by atomic mass is 9.93. The van der Waals surface area contributed by atoms with E-state index >= 15 is 0 Å². The van der Waals surface area contributed by atoms with Crippen LogP contribution in [0.3, 0.4) is 0 Å². The number of nitrogens with zero attached hydrogens (tertiary/aromatic N) is 3. The number of aromatic nitrogens is 2. The van der Waals surface area contributed by atoms with Gasteiger partial charge < -0.3 is 14.6 Å². The van der Waals surface area contributed by atoms with E-state index in [-0.39, 0.29) is 17.9 Å². The van der Waals surface area contributed by atoms with Crippen molar-refractivity contribution in [3.8, 4) is 17.5 Å². The minimum atomic E-state index is 0.0319. The Kier molecular flexibility index (Phi) is 5.66. The molecule has 3 heterocycles. The lowest BCUT2D eigenvalue weighted by Crippen LogP contribution is -2.38. The predicted molar refractivity (Wildman–Crippen MR) is 133 cm³/mol. The van der Waals surface area contributed by atoms with Crippen LogP contribution in [-0.4, -0.2) is 33.9 Å². The Balaban J connectivity index is 1.35. The van der Waals surface area contributed by atoms with Crippen LogP contribution in [0, 0.1) is 11.3 Å². The maximum atomic E-state index is 13.9. The number of carbonyl (C=O) groups is 1. The summed E-state index contributed by atoms with van der Waals surface area (Å²) in [4.78, 5) is 24.4. The van der Waals surface area contributed by atoms with Crippen LogP contribution in [0.15, 0.2) is 42.5 Å². The van der Waals surface area contributed by atoms with Crippen molar-refractivity contribution >= 4 is 5.91 Å². The molecule has 1 saturated carbocycles. The zero-order valence-corrected chi connectivity index (χ0v) is 20.1. The number of ether oxygens (including phenoxy) is 1. The minimum absolute atomic E-state index is 0.0319. The van der Waals surface area contributed by atoms with Crippen molar-refractivity contribution in [1.29, 1.82) is 5.26 Å². The van der Waals surface area contributed by atoms with E-state index in [9.17, 15) is 4.79 Å². The van der Waals surface area contributed by atoms with E-state index in [1.807, 2.05) is 35.2 Å². The zero-order chi connectivity index (χ0) is 23.9. The summed E-state index contributed by atoms with van der Waals surface area (Å²) in [5.41, 5.74) is 6.91. The third kappa shape index (κ3) is 4.15. The summed E-state index contributed by atoms with van der Waals surface area (Å²) in [6.45, 7) is 4.14.